The van der Waals surface area contributed by atoms with Crippen molar-refractivity contribution in [3.63, 3.8) is 0 Å². The summed E-state index contributed by atoms with van der Waals surface area (Å²) in [5.74, 6) is -1.61. The van der Waals surface area contributed by atoms with Crippen LogP contribution in [0.5, 0.6) is 0 Å². The number of thiophene rings is 1. The molecule has 0 aromatic carbocycles. The Labute approximate surface area is 113 Å². The van der Waals surface area contributed by atoms with Gasteiger partial charge in [-0.1, -0.05) is 0 Å². The maximum atomic E-state index is 11.5. The van der Waals surface area contributed by atoms with Crippen molar-refractivity contribution in [2.75, 3.05) is 11.9 Å². The molecule has 0 spiro atoms. The molecule has 1 heterocycles. The molecule has 8 heteroatoms. The minimum absolute atomic E-state index is 0.0295. The van der Waals surface area contributed by atoms with Gasteiger partial charge in [0.05, 0.1) is 5.56 Å². The first-order chi connectivity index (χ1) is 8.82. The van der Waals surface area contributed by atoms with Gasteiger partial charge in [-0.3, -0.25) is 10.1 Å². The molecule has 19 heavy (non-hydrogen) atoms. The number of primary amides is 1. The lowest BCUT2D eigenvalue weighted by Gasteiger charge is -2.06. The van der Waals surface area contributed by atoms with Gasteiger partial charge in [-0.15, -0.1) is 11.3 Å². The van der Waals surface area contributed by atoms with Crippen molar-refractivity contribution < 1.29 is 19.5 Å². The number of amides is 3. The Kier molecular flexibility index (Phi) is 4.87. The van der Waals surface area contributed by atoms with E-state index < -0.39 is 17.9 Å². The number of carboxylic acid groups (broad SMARTS) is 1. The number of hydrogen-bond donors (Lipinski definition) is 4. The van der Waals surface area contributed by atoms with Crippen LogP contribution in [0.3, 0.4) is 0 Å². The molecule has 0 fully saturated rings. The third-order valence-corrected chi connectivity index (χ3v) is 3.61. The Balaban J connectivity index is 2.72. The first kappa shape index (κ1) is 15.0. The van der Waals surface area contributed by atoms with E-state index in [2.05, 4.69) is 10.6 Å². The standard InChI is InChI=1S/C11H15N3O4S/c1-5-6(2)19-9(8(5)10(16)17)14-11(18)13-4-3-7(12)15/h3-4H2,1-2H3,(H2,12,15)(H,16,17)(H2,13,14,18). The zero-order chi connectivity index (χ0) is 14.6. The van der Waals surface area contributed by atoms with E-state index in [-0.39, 0.29) is 23.5 Å². The van der Waals surface area contributed by atoms with Crippen LogP contribution in [0.15, 0.2) is 0 Å². The molecule has 0 aliphatic carbocycles. The lowest BCUT2D eigenvalue weighted by Crippen LogP contribution is -2.31. The second-order valence-electron chi connectivity index (χ2n) is 3.89. The van der Waals surface area contributed by atoms with Gasteiger partial charge in [-0.2, -0.15) is 0 Å². The summed E-state index contributed by atoms with van der Waals surface area (Å²) in [5.41, 5.74) is 5.65. The third kappa shape index (κ3) is 3.95. The van der Waals surface area contributed by atoms with E-state index >= 15 is 0 Å². The topological polar surface area (TPSA) is 122 Å². The van der Waals surface area contributed by atoms with E-state index in [9.17, 15) is 14.4 Å². The Morgan fingerprint density at radius 3 is 2.47 bits per heavy atom. The van der Waals surface area contributed by atoms with Gasteiger partial charge in [-0.25, -0.2) is 9.59 Å². The maximum Gasteiger partial charge on any atom is 0.338 e. The second kappa shape index (κ2) is 6.19. The van der Waals surface area contributed by atoms with E-state index in [0.29, 0.717) is 5.56 Å². The van der Waals surface area contributed by atoms with Crippen molar-refractivity contribution in [3.8, 4) is 0 Å². The fourth-order valence-electron chi connectivity index (χ4n) is 1.42. The highest BCUT2D eigenvalue weighted by Gasteiger charge is 2.20. The molecule has 0 aliphatic rings. The molecule has 0 saturated carbocycles. The van der Waals surface area contributed by atoms with Gasteiger partial charge in [0, 0.05) is 17.8 Å². The molecule has 1 aromatic heterocycles. The first-order valence-electron chi connectivity index (χ1n) is 5.49. The quantitative estimate of drug-likeness (QED) is 0.646. The highest BCUT2D eigenvalue weighted by atomic mass is 32.1. The number of nitrogens with two attached hydrogens (primary N) is 1. The summed E-state index contributed by atoms with van der Waals surface area (Å²) in [7, 11) is 0. The predicted molar refractivity (Wildman–Crippen MR) is 71.6 cm³/mol. The van der Waals surface area contributed by atoms with Crippen molar-refractivity contribution >= 4 is 34.2 Å². The molecular formula is C11H15N3O4S. The van der Waals surface area contributed by atoms with Crippen molar-refractivity contribution in [2.24, 2.45) is 5.73 Å². The van der Waals surface area contributed by atoms with Crippen LogP contribution in [-0.2, 0) is 4.79 Å². The van der Waals surface area contributed by atoms with Gasteiger partial charge in [0.25, 0.3) is 0 Å². The molecule has 7 nitrogen and oxygen atoms in total. The van der Waals surface area contributed by atoms with Gasteiger partial charge in [0.15, 0.2) is 0 Å². The van der Waals surface area contributed by atoms with Crippen LogP contribution in [0.1, 0.15) is 27.2 Å². The molecule has 0 radical (unpaired) electrons. The summed E-state index contributed by atoms with van der Waals surface area (Å²) in [6, 6.07) is -0.565. The van der Waals surface area contributed by atoms with Gasteiger partial charge in [0.2, 0.25) is 5.91 Å². The molecular weight excluding hydrogens is 270 g/mol. The summed E-state index contributed by atoms with van der Waals surface area (Å²) in [4.78, 5) is 34.0. The number of aryl methyl sites for hydroxylation is 1. The van der Waals surface area contributed by atoms with Crippen molar-refractivity contribution in [1.82, 2.24) is 5.32 Å². The molecule has 3 amide bonds. The highest BCUT2D eigenvalue weighted by molar-refractivity contribution is 7.16. The number of aromatic carboxylic acids is 1. The number of carbonyl (C=O) groups is 3. The minimum atomic E-state index is -1.09. The number of hydrogen-bond acceptors (Lipinski definition) is 4. The number of urea groups is 1. The zero-order valence-electron chi connectivity index (χ0n) is 10.6. The summed E-state index contributed by atoms with van der Waals surface area (Å²) in [6.45, 7) is 3.57. The maximum absolute atomic E-state index is 11.5. The number of rotatable bonds is 5. The van der Waals surface area contributed by atoms with Crippen LogP contribution in [-0.4, -0.2) is 29.6 Å². The molecule has 104 valence electrons. The normalized spacial score (nSPS) is 10.0. The monoisotopic (exact) mass is 285 g/mol. The molecule has 0 atom stereocenters. The van der Waals surface area contributed by atoms with Crippen molar-refractivity contribution in [1.29, 1.82) is 0 Å². The summed E-state index contributed by atoms with van der Waals surface area (Å²) in [6.07, 6.45) is 0.0295. The Morgan fingerprint density at radius 1 is 1.32 bits per heavy atom. The second-order valence-corrected chi connectivity index (χ2v) is 5.11. The van der Waals surface area contributed by atoms with Crippen LogP contribution < -0.4 is 16.4 Å². The van der Waals surface area contributed by atoms with E-state index in [4.69, 9.17) is 10.8 Å². The third-order valence-electron chi connectivity index (χ3n) is 2.48. The van der Waals surface area contributed by atoms with E-state index in [1.54, 1.807) is 13.8 Å². The summed E-state index contributed by atoms with van der Waals surface area (Å²) < 4.78 is 0. The SMILES string of the molecule is Cc1sc(NC(=O)NCCC(N)=O)c(C(=O)O)c1C. The first-order valence-corrected chi connectivity index (χ1v) is 6.31. The lowest BCUT2D eigenvalue weighted by atomic mass is 10.1. The zero-order valence-corrected chi connectivity index (χ0v) is 11.4. The van der Waals surface area contributed by atoms with Crippen LogP contribution in [0.25, 0.3) is 0 Å². The van der Waals surface area contributed by atoms with E-state index in [0.717, 1.165) is 4.88 Å². The smallest absolute Gasteiger partial charge is 0.338 e. The summed E-state index contributed by atoms with van der Waals surface area (Å²) >= 11 is 1.19. The van der Waals surface area contributed by atoms with Crippen molar-refractivity contribution in [2.45, 2.75) is 20.3 Å². The largest absolute Gasteiger partial charge is 0.478 e. The van der Waals surface area contributed by atoms with Gasteiger partial charge >= 0.3 is 12.0 Å². The molecule has 5 N–H and O–H groups in total. The Bertz CT molecular complexity index is 524. The number of anilines is 1. The van der Waals surface area contributed by atoms with Crippen molar-refractivity contribution in [3.05, 3.63) is 16.0 Å². The van der Waals surface area contributed by atoms with E-state index in [1.165, 1.54) is 11.3 Å². The van der Waals surface area contributed by atoms with Crippen LogP contribution in [0, 0.1) is 13.8 Å². The Hall–Kier alpha value is -2.09. The molecule has 1 aromatic rings. The summed E-state index contributed by atoms with van der Waals surface area (Å²) in [5, 5.41) is 14.3. The minimum Gasteiger partial charge on any atom is -0.478 e. The molecule has 1 rings (SSSR count). The van der Waals surface area contributed by atoms with E-state index in [1.807, 2.05) is 0 Å². The van der Waals surface area contributed by atoms with Gasteiger partial charge in [-0.05, 0) is 19.4 Å². The molecule has 0 unspecified atom stereocenters. The Morgan fingerprint density at radius 2 is 1.95 bits per heavy atom. The average Bonchev–Trinajstić information content (AvgIpc) is 2.53. The highest BCUT2D eigenvalue weighted by Crippen LogP contribution is 2.32. The average molecular weight is 285 g/mol. The molecule has 0 bridgehead atoms. The number of carbonyl (C=O) groups excluding carboxylic acids is 2. The fourth-order valence-corrected chi connectivity index (χ4v) is 2.47. The van der Waals surface area contributed by atoms with Gasteiger partial charge < -0.3 is 16.2 Å². The molecule has 0 aliphatic heterocycles. The molecule has 0 saturated heterocycles. The number of nitrogens with one attached hydrogen (secondary N) is 2. The fraction of sp³-hybridized carbons (Fsp3) is 0.364. The number of carboxylic acids is 1. The van der Waals surface area contributed by atoms with Crippen LogP contribution in [0.4, 0.5) is 9.80 Å². The lowest BCUT2D eigenvalue weighted by molar-refractivity contribution is -0.117. The van der Waals surface area contributed by atoms with Crippen LogP contribution in [0.2, 0.25) is 0 Å². The van der Waals surface area contributed by atoms with Crippen LogP contribution >= 0.6 is 11.3 Å². The predicted octanol–water partition coefficient (Wildman–Crippen LogP) is 1.06. The van der Waals surface area contributed by atoms with Gasteiger partial charge in [0.1, 0.15) is 5.00 Å².